The summed E-state index contributed by atoms with van der Waals surface area (Å²) in [5.41, 5.74) is -1.18. The highest BCUT2D eigenvalue weighted by Gasteiger charge is 2.33. The summed E-state index contributed by atoms with van der Waals surface area (Å²) in [4.78, 5) is 11.6. The number of ether oxygens (including phenoxy) is 1. The number of amides is 1. The monoisotopic (exact) mass is 288 g/mol. The average molecular weight is 288 g/mol. The Morgan fingerprint density at radius 2 is 1.90 bits per heavy atom. The van der Waals surface area contributed by atoms with Gasteiger partial charge in [0.15, 0.2) is 0 Å². The van der Waals surface area contributed by atoms with Crippen LogP contribution in [-0.4, -0.2) is 25.3 Å². The topological polar surface area (TPSA) is 50.4 Å². The molecule has 4 nitrogen and oxygen atoms in total. The van der Waals surface area contributed by atoms with E-state index >= 15 is 0 Å². The van der Waals surface area contributed by atoms with Crippen molar-refractivity contribution in [1.82, 2.24) is 5.32 Å². The summed E-state index contributed by atoms with van der Waals surface area (Å²) in [6.45, 7) is 1.47. The molecule has 0 spiro atoms. The van der Waals surface area contributed by atoms with Crippen LogP contribution in [-0.2, 0) is 10.9 Å². The van der Waals surface area contributed by atoms with Crippen LogP contribution in [0.25, 0.3) is 0 Å². The number of alkyl halides is 3. The molecular weight excluding hydrogens is 273 g/mol. The first kappa shape index (κ1) is 14.6. The maximum absolute atomic E-state index is 12.8. The van der Waals surface area contributed by atoms with Crippen LogP contribution in [0.15, 0.2) is 24.3 Å². The zero-order valence-corrected chi connectivity index (χ0v) is 10.7. The molecule has 7 heteroatoms. The number of anilines is 1. The van der Waals surface area contributed by atoms with Gasteiger partial charge in [0.2, 0.25) is 0 Å². The summed E-state index contributed by atoms with van der Waals surface area (Å²) in [7, 11) is 0. The second-order valence-corrected chi connectivity index (χ2v) is 4.52. The minimum Gasteiger partial charge on any atom is -0.446 e. The number of benzene rings is 1. The van der Waals surface area contributed by atoms with Crippen molar-refractivity contribution in [3.63, 3.8) is 0 Å². The van der Waals surface area contributed by atoms with E-state index in [1.807, 2.05) is 0 Å². The molecule has 1 aliphatic rings. The molecule has 2 rings (SSSR count). The zero-order valence-electron chi connectivity index (χ0n) is 10.7. The van der Waals surface area contributed by atoms with Crippen molar-refractivity contribution in [2.24, 2.45) is 0 Å². The number of carbonyl (C=O) groups excluding carboxylic acids is 1. The van der Waals surface area contributed by atoms with E-state index in [1.165, 1.54) is 18.2 Å². The minimum atomic E-state index is -4.52. The van der Waals surface area contributed by atoms with Gasteiger partial charge in [-0.05, 0) is 38.1 Å². The predicted molar refractivity (Wildman–Crippen MR) is 67.4 cm³/mol. The van der Waals surface area contributed by atoms with Gasteiger partial charge in [0, 0.05) is 0 Å². The number of hydrogen-bond acceptors (Lipinski definition) is 3. The van der Waals surface area contributed by atoms with Crippen LogP contribution >= 0.6 is 0 Å². The maximum atomic E-state index is 12.8. The van der Waals surface area contributed by atoms with Crippen LogP contribution in [0.1, 0.15) is 18.4 Å². The van der Waals surface area contributed by atoms with Gasteiger partial charge in [-0.2, -0.15) is 13.2 Å². The Labute approximate surface area is 114 Å². The van der Waals surface area contributed by atoms with Gasteiger partial charge in [0.1, 0.15) is 6.10 Å². The van der Waals surface area contributed by atoms with Gasteiger partial charge in [0.25, 0.3) is 0 Å². The fourth-order valence-electron chi connectivity index (χ4n) is 2.04. The highest BCUT2D eigenvalue weighted by molar-refractivity contribution is 5.85. The van der Waals surface area contributed by atoms with Crippen LogP contribution in [0, 0.1) is 0 Å². The molecule has 1 aliphatic heterocycles. The first-order valence-electron chi connectivity index (χ1n) is 6.31. The lowest BCUT2D eigenvalue weighted by atomic mass is 10.1. The highest BCUT2D eigenvalue weighted by Crippen LogP contribution is 2.34. The Morgan fingerprint density at radius 1 is 1.25 bits per heavy atom. The second kappa shape index (κ2) is 6.13. The normalized spacial score (nSPS) is 16.8. The number of nitrogens with one attached hydrogen (secondary N) is 2. The molecule has 0 atom stereocenters. The Bertz CT molecular complexity index is 471. The molecule has 0 saturated carbocycles. The Kier molecular flexibility index (Phi) is 4.49. The van der Waals surface area contributed by atoms with E-state index in [1.54, 1.807) is 0 Å². The van der Waals surface area contributed by atoms with Gasteiger partial charge in [-0.1, -0.05) is 12.1 Å². The lowest BCUT2D eigenvalue weighted by Gasteiger charge is -2.23. The standard InChI is InChI=1S/C13H15F3N2O2/c14-13(15,16)10-3-1-2-4-11(10)18-12(19)20-9-5-7-17-8-6-9/h1-4,9,17H,5-8H2,(H,18,19). The van der Waals surface area contributed by atoms with Crippen LogP contribution in [0.4, 0.5) is 23.7 Å². The molecule has 1 aromatic carbocycles. The Hall–Kier alpha value is -1.76. The first-order chi connectivity index (χ1) is 9.47. The summed E-state index contributed by atoms with van der Waals surface area (Å²) in [5.74, 6) is 0. The fourth-order valence-corrected chi connectivity index (χ4v) is 2.04. The quantitative estimate of drug-likeness (QED) is 0.879. The third-order valence-electron chi connectivity index (χ3n) is 3.03. The Balaban J connectivity index is 2.00. The fraction of sp³-hybridized carbons (Fsp3) is 0.462. The van der Waals surface area contributed by atoms with E-state index in [-0.39, 0.29) is 11.8 Å². The van der Waals surface area contributed by atoms with Crippen molar-refractivity contribution in [2.45, 2.75) is 25.1 Å². The summed E-state index contributed by atoms with van der Waals surface area (Å²) in [5, 5.41) is 5.27. The minimum absolute atomic E-state index is 0.255. The lowest BCUT2D eigenvalue weighted by Crippen LogP contribution is -2.34. The van der Waals surface area contributed by atoms with E-state index in [0.717, 1.165) is 19.2 Å². The van der Waals surface area contributed by atoms with E-state index in [2.05, 4.69) is 10.6 Å². The van der Waals surface area contributed by atoms with Crippen LogP contribution in [0.2, 0.25) is 0 Å². The van der Waals surface area contributed by atoms with Crippen molar-refractivity contribution in [1.29, 1.82) is 0 Å². The Morgan fingerprint density at radius 3 is 2.55 bits per heavy atom. The van der Waals surface area contributed by atoms with Crippen molar-refractivity contribution in [3.8, 4) is 0 Å². The highest BCUT2D eigenvalue weighted by atomic mass is 19.4. The number of hydrogen-bond donors (Lipinski definition) is 2. The summed E-state index contributed by atoms with van der Waals surface area (Å²) in [6, 6.07) is 4.81. The number of carbonyl (C=O) groups is 1. The molecule has 20 heavy (non-hydrogen) atoms. The molecule has 0 unspecified atom stereocenters. The molecule has 1 fully saturated rings. The first-order valence-corrected chi connectivity index (χ1v) is 6.31. The molecule has 2 N–H and O–H groups in total. The summed E-state index contributed by atoms with van der Waals surface area (Å²) in [6.07, 6.45) is -4.30. The largest absolute Gasteiger partial charge is 0.446 e. The van der Waals surface area contributed by atoms with Gasteiger partial charge in [-0.25, -0.2) is 4.79 Å². The molecular formula is C13H15F3N2O2. The van der Waals surface area contributed by atoms with E-state index < -0.39 is 17.8 Å². The molecule has 0 bridgehead atoms. The molecule has 0 radical (unpaired) electrons. The molecule has 0 aliphatic carbocycles. The van der Waals surface area contributed by atoms with Gasteiger partial charge in [-0.3, -0.25) is 5.32 Å². The van der Waals surface area contributed by atoms with Crippen molar-refractivity contribution < 1.29 is 22.7 Å². The van der Waals surface area contributed by atoms with Gasteiger partial charge in [-0.15, -0.1) is 0 Å². The van der Waals surface area contributed by atoms with Crippen molar-refractivity contribution in [3.05, 3.63) is 29.8 Å². The number of para-hydroxylation sites is 1. The smallest absolute Gasteiger partial charge is 0.418 e. The SMILES string of the molecule is O=C(Nc1ccccc1C(F)(F)F)OC1CCNCC1. The zero-order chi connectivity index (χ0) is 14.6. The molecule has 110 valence electrons. The third kappa shape index (κ3) is 3.86. The van der Waals surface area contributed by atoms with Crippen molar-refractivity contribution >= 4 is 11.8 Å². The van der Waals surface area contributed by atoms with Crippen LogP contribution in [0.5, 0.6) is 0 Å². The predicted octanol–water partition coefficient (Wildman–Crippen LogP) is 3.01. The molecule has 1 aromatic rings. The van der Waals surface area contributed by atoms with E-state index in [0.29, 0.717) is 12.8 Å². The van der Waals surface area contributed by atoms with E-state index in [9.17, 15) is 18.0 Å². The lowest BCUT2D eigenvalue weighted by molar-refractivity contribution is -0.136. The molecule has 1 amide bonds. The van der Waals surface area contributed by atoms with Gasteiger partial charge >= 0.3 is 12.3 Å². The van der Waals surface area contributed by atoms with Gasteiger partial charge < -0.3 is 10.1 Å². The maximum Gasteiger partial charge on any atom is 0.418 e. The third-order valence-corrected chi connectivity index (χ3v) is 3.03. The number of rotatable bonds is 2. The second-order valence-electron chi connectivity index (χ2n) is 4.52. The molecule has 1 saturated heterocycles. The number of halogens is 3. The van der Waals surface area contributed by atoms with Gasteiger partial charge in [0.05, 0.1) is 11.3 Å². The van der Waals surface area contributed by atoms with Crippen LogP contribution in [0.3, 0.4) is 0 Å². The number of piperidine rings is 1. The van der Waals surface area contributed by atoms with Crippen LogP contribution < -0.4 is 10.6 Å². The summed E-state index contributed by atoms with van der Waals surface area (Å²) >= 11 is 0. The van der Waals surface area contributed by atoms with E-state index in [4.69, 9.17) is 4.74 Å². The van der Waals surface area contributed by atoms with Crippen molar-refractivity contribution in [2.75, 3.05) is 18.4 Å². The average Bonchev–Trinajstić information content (AvgIpc) is 2.39. The molecule has 0 aromatic heterocycles. The summed E-state index contributed by atoms with van der Waals surface area (Å²) < 4.78 is 43.4. The molecule has 1 heterocycles.